The third-order valence-corrected chi connectivity index (χ3v) is 3.75. The van der Waals surface area contributed by atoms with Gasteiger partial charge < -0.3 is 15.4 Å². The Labute approximate surface area is 126 Å². The number of ether oxygens (including phenoxy) is 1. The molecule has 0 amide bonds. The highest BCUT2D eigenvalue weighted by atomic mass is 32.1. The van der Waals surface area contributed by atoms with Crippen LogP contribution in [-0.4, -0.2) is 36.1 Å². The predicted molar refractivity (Wildman–Crippen MR) is 78.5 cm³/mol. The lowest BCUT2D eigenvalue weighted by Gasteiger charge is -2.30. The summed E-state index contributed by atoms with van der Waals surface area (Å²) < 4.78 is 44.0. The Kier molecular flexibility index (Phi) is 4.73. The Bertz CT molecular complexity index is 525. The molecule has 0 aromatic heterocycles. The number of nitrogens with zero attached hydrogens (tertiary/aromatic N) is 1. The number of halogens is 3. The van der Waals surface area contributed by atoms with Gasteiger partial charge in [-0.25, -0.2) is 0 Å². The summed E-state index contributed by atoms with van der Waals surface area (Å²) in [6.45, 7) is 1.79. The van der Waals surface area contributed by atoms with Crippen LogP contribution in [-0.2, 0) is 6.18 Å². The first-order chi connectivity index (χ1) is 9.77. The summed E-state index contributed by atoms with van der Waals surface area (Å²) in [5, 5.41) is 0. The highest BCUT2D eigenvalue weighted by molar-refractivity contribution is 7.80. The molecule has 3 nitrogen and oxygen atoms in total. The van der Waals surface area contributed by atoms with Gasteiger partial charge in [-0.1, -0.05) is 12.2 Å². The second-order valence-corrected chi connectivity index (χ2v) is 5.63. The normalized spacial score (nSPS) is 17.7. The number of hydrogen-bond acceptors (Lipinski definition) is 3. The van der Waals surface area contributed by atoms with Crippen molar-refractivity contribution in [1.29, 1.82) is 0 Å². The van der Waals surface area contributed by atoms with Gasteiger partial charge in [-0.2, -0.15) is 13.2 Å². The summed E-state index contributed by atoms with van der Waals surface area (Å²) >= 11 is 4.84. The number of likely N-dealkylation sites (tertiary alicyclic amines) is 1. The Morgan fingerprint density at radius 3 is 2.48 bits per heavy atom. The maximum atomic E-state index is 12.7. The van der Waals surface area contributed by atoms with E-state index in [1.54, 1.807) is 0 Å². The smallest absolute Gasteiger partial charge is 0.416 e. The van der Waals surface area contributed by atoms with E-state index in [9.17, 15) is 13.2 Å². The van der Waals surface area contributed by atoms with Gasteiger partial charge in [-0.05, 0) is 38.1 Å². The maximum Gasteiger partial charge on any atom is 0.416 e. The van der Waals surface area contributed by atoms with Crippen molar-refractivity contribution >= 4 is 17.2 Å². The van der Waals surface area contributed by atoms with E-state index in [4.69, 9.17) is 22.7 Å². The average molecular weight is 318 g/mol. The van der Waals surface area contributed by atoms with Crippen molar-refractivity contribution in [2.45, 2.75) is 25.1 Å². The van der Waals surface area contributed by atoms with Crippen LogP contribution in [0.2, 0.25) is 0 Å². The number of rotatable bonds is 3. The van der Waals surface area contributed by atoms with Crippen molar-refractivity contribution in [1.82, 2.24) is 4.90 Å². The molecule has 1 aliphatic heterocycles. The molecular weight excluding hydrogens is 301 g/mol. The summed E-state index contributed by atoms with van der Waals surface area (Å²) in [6.07, 6.45) is -2.79. The highest BCUT2D eigenvalue weighted by Gasteiger charge is 2.31. The van der Waals surface area contributed by atoms with E-state index in [1.165, 1.54) is 6.07 Å². The van der Waals surface area contributed by atoms with Crippen LogP contribution in [0, 0.1) is 0 Å². The van der Waals surface area contributed by atoms with Gasteiger partial charge in [0.15, 0.2) is 0 Å². The van der Waals surface area contributed by atoms with Crippen LogP contribution < -0.4 is 10.5 Å². The molecule has 116 valence electrons. The second kappa shape index (κ2) is 6.19. The lowest BCUT2D eigenvalue weighted by atomic mass is 10.1. The molecule has 1 aromatic carbocycles. The zero-order valence-electron chi connectivity index (χ0n) is 11.6. The number of hydrogen-bond donors (Lipinski definition) is 1. The van der Waals surface area contributed by atoms with E-state index in [0.29, 0.717) is 5.75 Å². The summed E-state index contributed by atoms with van der Waals surface area (Å²) in [5.74, 6) is 0.324. The Balaban J connectivity index is 2.21. The fourth-order valence-corrected chi connectivity index (χ4v) is 2.44. The zero-order valence-corrected chi connectivity index (χ0v) is 12.4. The lowest BCUT2D eigenvalue weighted by Crippen LogP contribution is -2.36. The minimum absolute atomic E-state index is 0.0222. The monoisotopic (exact) mass is 318 g/mol. The molecule has 7 heteroatoms. The first kappa shape index (κ1) is 16.0. The number of thiocarbonyl (C=S) groups is 1. The number of benzene rings is 1. The van der Waals surface area contributed by atoms with Gasteiger partial charge in [-0.3, -0.25) is 0 Å². The molecule has 1 fully saturated rings. The molecule has 21 heavy (non-hydrogen) atoms. The summed E-state index contributed by atoms with van der Waals surface area (Å²) in [7, 11) is 2.02. The molecule has 0 bridgehead atoms. The quantitative estimate of drug-likeness (QED) is 0.870. The first-order valence-corrected chi connectivity index (χ1v) is 7.04. The average Bonchev–Trinajstić information content (AvgIpc) is 2.40. The molecule has 2 rings (SSSR count). The van der Waals surface area contributed by atoms with Crippen LogP contribution in [0.1, 0.15) is 24.0 Å². The molecule has 0 spiro atoms. The van der Waals surface area contributed by atoms with Crippen molar-refractivity contribution < 1.29 is 17.9 Å². The highest BCUT2D eigenvalue weighted by Crippen LogP contribution is 2.33. The molecule has 1 saturated heterocycles. The van der Waals surface area contributed by atoms with E-state index >= 15 is 0 Å². The summed E-state index contributed by atoms with van der Waals surface area (Å²) in [5.41, 5.74) is 4.89. The minimum Gasteiger partial charge on any atom is -0.490 e. The predicted octanol–water partition coefficient (Wildman–Crippen LogP) is 2.81. The maximum absolute atomic E-state index is 12.7. The largest absolute Gasteiger partial charge is 0.490 e. The van der Waals surface area contributed by atoms with E-state index < -0.39 is 11.7 Å². The van der Waals surface area contributed by atoms with Crippen molar-refractivity contribution in [3.05, 3.63) is 29.3 Å². The molecule has 0 aliphatic carbocycles. The van der Waals surface area contributed by atoms with Crippen LogP contribution in [0.25, 0.3) is 0 Å². The van der Waals surface area contributed by atoms with E-state index in [1.807, 2.05) is 7.05 Å². The molecule has 1 aromatic rings. The lowest BCUT2D eigenvalue weighted by molar-refractivity contribution is -0.137. The Morgan fingerprint density at radius 1 is 1.33 bits per heavy atom. The zero-order chi connectivity index (χ0) is 15.6. The Morgan fingerprint density at radius 2 is 1.95 bits per heavy atom. The van der Waals surface area contributed by atoms with Crippen LogP contribution >= 0.6 is 12.2 Å². The van der Waals surface area contributed by atoms with Crippen molar-refractivity contribution in [3.63, 3.8) is 0 Å². The van der Waals surface area contributed by atoms with Gasteiger partial charge in [-0.15, -0.1) is 0 Å². The van der Waals surface area contributed by atoms with Crippen molar-refractivity contribution in [2.75, 3.05) is 20.1 Å². The number of alkyl halides is 3. The van der Waals surface area contributed by atoms with Gasteiger partial charge >= 0.3 is 6.18 Å². The SMILES string of the molecule is CN1CCC(Oc2ccc(C(F)(F)F)cc2C(N)=S)CC1. The van der Waals surface area contributed by atoms with Crippen molar-refractivity contribution in [2.24, 2.45) is 5.73 Å². The summed E-state index contributed by atoms with van der Waals surface area (Å²) in [6, 6.07) is 3.24. The second-order valence-electron chi connectivity index (χ2n) is 5.19. The van der Waals surface area contributed by atoms with Crippen LogP contribution in [0.5, 0.6) is 5.75 Å². The molecule has 0 atom stereocenters. The van der Waals surface area contributed by atoms with E-state index in [2.05, 4.69) is 4.90 Å². The third kappa shape index (κ3) is 4.07. The first-order valence-electron chi connectivity index (χ1n) is 6.63. The molecule has 1 heterocycles. The number of nitrogens with two attached hydrogens (primary N) is 1. The topological polar surface area (TPSA) is 38.5 Å². The van der Waals surface area contributed by atoms with Crippen LogP contribution in [0.4, 0.5) is 13.2 Å². The summed E-state index contributed by atoms with van der Waals surface area (Å²) in [4.78, 5) is 2.09. The molecule has 0 saturated carbocycles. The minimum atomic E-state index is -4.42. The van der Waals surface area contributed by atoms with E-state index in [0.717, 1.165) is 38.1 Å². The third-order valence-electron chi connectivity index (χ3n) is 3.53. The van der Waals surface area contributed by atoms with Crippen molar-refractivity contribution in [3.8, 4) is 5.75 Å². The number of piperidine rings is 1. The molecule has 2 N–H and O–H groups in total. The van der Waals surface area contributed by atoms with Crippen LogP contribution in [0.3, 0.4) is 0 Å². The van der Waals surface area contributed by atoms with Gasteiger partial charge in [0.05, 0.1) is 11.1 Å². The molecule has 1 aliphatic rings. The van der Waals surface area contributed by atoms with Crippen LogP contribution in [0.15, 0.2) is 18.2 Å². The fraction of sp³-hybridized carbons (Fsp3) is 0.500. The fourth-order valence-electron chi connectivity index (χ4n) is 2.28. The molecular formula is C14H17F3N2OS. The standard InChI is InChI=1S/C14H17F3N2OS/c1-19-6-4-10(5-7-19)20-12-3-2-9(14(15,16)17)8-11(12)13(18)21/h2-3,8,10H,4-7H2,1H3,(H2,18,21). The molecule has 0 radical (unpaired) electrons. The molecule has 0 unspecified atom stereocenters. The van der Waals surface area contributed by atoms with Gasteiger partial charge in [0, 0.05) is 13.1 Å². The van der Waals surface area contributed by atoms with Gasteiger partial charge in [0.2, 0.25) is 0 Å². The van der Waals surface area contributed by atoms with Gasteiger partial charge in [0.25, 0.3) is 0 Å². The Hall–Kier alpha value is -1.34. The van der Waals surface area contributed by atoms with Gasteiger partial charge in [0.1, 0.15) is 16.8 Å². The van der Waals surface area contributed by atoms with E-state index in [-0.39, 0.29) is 16.7 Å².